The van der Waals surface area contributed by atoms with Crippen molar-refractivity contribution in [1.29, 1.82) is 0 Å². The number of carbonyl (C=O) groups excluding carboxylic acids is 2. The van der Waals surface area contributed by atoms with Gasteiger partial charge >= 0.3 is 0 Å². The van der Waals surface area contributed by atoms with Crippen LogP contribution in [0.1, 0.15) is 43.0 Å². The van der Waals surface area contributed by atoms with Gasteiger partial charge < -0.3 is 0 Å². The highest BCUT2D eigenvalue weighted by atomic mass is 16.1. The molecule has 1 aliphatic carbocycles. The van der Waals surface area contributed by atoms with E-state index in [-0.39, 0.29) is 11.6 Å². The zero-order valence-corrected chi connectivity index (χ0v) is 17.9. The first kappa shape index (κ1) is 19.4. The van der Waals surface area contributed by atoms with E-state index in [9.17, 15) is 9.59 Å². The minimum absolute atomic E-state index is 0.0825. The van der Waals surface area contributed by atoms with Crippen LogP contribution in [-0.2, 0) is 13.1 Å². The molecule has 4 aromatic carbocycles. The number of imidazole rings is 1. The van der Waals surface area contributed by atoms with Crippen LogP contribution in [-0.4, -0.2) is 16.1 Å². The molecule has 0 radical (unpaired) electrons. The Bertz CT molecular complexity index is 1560. The third-order valence-electron chi connectivity index (χ3n) is 6.28. The highest BCUT2D eigenvalue weighted by Gasteiger charge is 2.29. The van der Waals surface area contributed by atoms with Gasteiger partial charge in [-0.25, -0.2) is 9.13 Å². The predicted octanol–water partition coefficient (Wildman–Crippen LogP) is 4.80. The Morgan fingerprint density at radius 3 is 2.12 bits per heavy atom. The van der Waals surface area contributed by atoms with Gasteiger partial charge in [-0.3, -0.25) is 9.59 Å². The number of hydrogen-bond acceptors (Lipinski definition) is 2. The molecule has 0 bridgehead atoms. The normalized spacial score (nSPS) is 12.6. The van der Waals surface area contributed by atoms with Crippen LogP contribution in [0.3, 0.4) is 0 Å². The van der Waals surface area contributed by atoms with Crippen LogP contribution < -0.4 is 4.57 Å². The fraction of sp³-hybridized carbons (Fsp3) is 0.0690. The third kappa shape index (κ3) is 3.46. The summed E-state index contributed by atoms with van der Waals surface area (Å²) in [5.74, 6) is -0.165. The molecule has 158 valence electrons. The molecule has 33 heavy (non-hydrogen) atoms. The van der Waals surface area contributed by atoms with E-state index in [1.165, 1.54) is 16.3 Å². The Labute approximate surface area is 191 Å². The second kappa shape index (κ2) is 7.68. The fourth-order valence-corrected chi connectivity index (χ4v) is 4.63. The van der Waals surface area contributed by atoms with Gasteiger partial charge in [-0.2, -0.15) is 0 Å². The zero-order chi connectivity index (χ0) is 22.4. The molecule has 0 amide bonds. The number of hydrogen-bond donors (Lipinski definition) is 0. The van der Waals surface area contributed by atoms with Crippen LogP contribution in [0, 0.1) is 0 Å². The topological polar surface area (TPSA) is 43.0 Å². The van der Waals surface area contributed by atoms with E-state index in [4.69, 9.17) is 0 Å². The maximum atomic E-state index is 13.0. The highest BCUT2D eigenvalue weighted by Crippen LogP contribution is 2.28. The lowest BCUT2D eigenvalue weighted by Gasteiger charge is -2.17. The summed E-state index contributed by atoms with van der Waals surface area (Å²) in [6, 6.07) is 27.5. The molecule has 0 aliphatic heterocycles. The number of carbonyl (C=O) groups is 2. The number of ketones is 2. The fourth-order valence-electron chi connectivity index (χ4n) is 4.63. The van der Waals surface area contributed by atoms with Crippen molar-refractivity contribution in [1.82, 2.24) is 4.57 Å². The van der Waals surface area contributed by atoms with Crippen molar-refractivity contribution in [2.75, 3.05) is 0 Å². The Morgan fingerprint density at radius 1 is 0.636 bits per heavy atom. The number of fused-ring (bicyclic) bond motifs is 3. The molecule has 1 heterocycles. The van der Waals surface area contributed by atoms with E-state index in [1.54, 1.807) is 30.3 Å². The molecule has 0 saturated heterocycles. The second-order valence-corrected chi connectivity index (χ2v) is 8.52. The third-order valence-corrected chi connectivity index (χ3v) is 6.28. The molecule has 4 nitrogen and oxygen atoms in total. The van der Waals surface area contributed by atoms with Crippen molar-refractivity contribution >= 4 is 22.3 Å². The van der Waals surface area contributed by atoms with Crippen LogP contribution in [0.4, 0.5) is 0 Å². The van der Waals surface area contributed by atoms with Crippen LogP contribution in [0.15, 0.2) is 104 Å². The van der Waals surface area contributed by atoms with Gasteiger partial charge in [0.05, 0.1) is 0 Å². The SMILES string of the molecule is O=C1c2ccccc2C(=O)c2cc(Cn3cc[n+](Cc4ccc5ccccc5c4)c3)ccc21. The van der Waals surface area contributed by atoms with Crippen LogP contribution >= 0.6 is 0 Å². The summed E-state index contributed by atoms with van der Waals surface area (Å²) in [7, 11) is 0. The molecule has 1 aliphatic rings. The van der Waals surface area contributed by atoms with Gasteiger partial charge in [-0.05, 0) is 40.1 Å². The molecule has 0 N–H and O–H groups in total. The summed E-state index contributed by atoms with van der Waals surface area (Å²) in [6.07, 6.45) is 6.15. The van der Waals surface area contributed by atoms with Gasteiger partial charge in [-0.1, -0.05) is 66.7 Å². The summed E-state index contributed by atoms with van der Waals surface area (Å²) in [4.78, 5) is 25.8. The minimum Gasteiger partial charge on any atom is -0.289 e. The summed E-state index contributed by atoms with van der Waals surface area (Å²) in [5.41, 5.74) is 4.19. The van der Waals surface area contributed by atoms with Crippen molar-refractivity contribution < 1.29 is 14.2 Å². The van der Waals surface area contributed by atoms with Crippen molar-refractivity contribution in [2.24, 2.45) is 0 Å². The predicted molar refractivity (Wildman–Crippen MR) is 127 cm³/mol. The van der Waals surface area contributed by atoms with Gasteiger partial charge in [0.25, 0.3) is 0 Å². The van der Waals surface area contributed by atoms with Gasteiger partial charge in [0.1, 0.15) is 25.5 Å². The van der Waals surface area contributed by atoms with Gasteiger partial charge in [-0.15, -0.1) is 0 Å². The molecule has 1 aromatic heterocycles. The highest BCUT2D eigenvalue weighted by molar-refractivity contribution is 6.28. The molecule has 0 unspecified atom stereocenters. The van der Waals surface area contributed by atoms with E-state index >= 15 is 0 Å². The van der Waals surface area contributed by atoms with Crippen molar-refractivity contribution in [3.05, 3.63) is 137 Å². The van der Waals surface area contributed by atoms with E-state index in [0.717, 1.165) is 12.1 Å². The molecule has 6 rings (SSSR count). The maximum absolute atomic E-state index is 13.0. The van der Waals surface area contributed by atoms with E-state index in [2.05, 4.69) is 64.1 Å². The standard InChI is InChI=1S/C29H21N2O2/c32-28-24-7-3-4-8-25(24)29(33)27-16-21(10-12-26(27)28)18-31-14-13-30(19-31)17-20-9-11-22-5-1-2-6-23(22)15-20/h1-16,19H,17-18H2/q+1. The Morgan fingerprint density at radius 2 is 1.30 bits per heavy atom. The smallest absolute Gasteiger partial charge is 0.244 e. The zero-order valence-electron chi connectivity index (χ0n) is 17.9. The second-order valence-electron chi connectivity index (χ2n) is 8.52. The van der Waals surface area contributed by atoms with Crippen molar-refractivity contribution in [2.45, 2.75) is 13.1 Å². The Balaban J connectivity index is 1.23. The molecule has 0 spiro atoms. The molecular weight excluding hydrogens is 408 g/mol. The lowest BCUT2D eigenvalue weighted by molar-refractivity contribution is -0.687. The number of aromatic nitrogens is 2. The molecule has 4 heteroatoms. The molecular formula is C29H21N2O2+. The van der Waals surface area contributed by atoms with Crippen LogP contribution in [0.2, 0.25) is 0 Å². The first-order chi connectivity index (χ1) is 16.2. The van der Waals surface area contributed by atoms with Crippen molar-refractivity contribution in [3.8, 4) is 0 Å². The first-order valence-electron chi connectivity index (χ1n) is 11.0. The van der Waals surface area contributed by atoms with E-state index in [0.29, 0.717) is 28.8 Å². The maximum Gasteiger partial charge on any atom is 0.244 e. The largest absolute Gasteiger partial charge is 0.289 e. The molecule has 0 atom stereocenters. The number of benzene rings is 4. The lowest BCUT2D eigenvalue weighted by Crippen LogP contribution is -2.31. The molecule has 0 fully saturated rings. The summed E-state index contributed by atoms with van der Waals surface area (Å²) in [5, 5.41) is 2.48. The lowest BCUT2D eigenvalue weighted by atomic mass is 9.83. The number of rotatable bonds is 4. The van der Waals surface area contributed by atoms with Crippen LogP contribution in [0.5, 0.6) is 0 Å². The Kier molecular flexibility index (Phi) is 4.51. The monoisotopic (exact) mass is 429 g/mol. The summed E-state index contributed by atoms with van der Waals surface area (Å²) >= 11 is 0. The van der Waals surface area contributed by atoms with Crippen molar-refractivity contribution in [3.63, 3.8) is 0 Å². The molecule has 0 saturated carbocycles. The number of nitrogens with zero attached hydrogens (tertiary/aromatic N) is 2. The quantitative estimate of drug-likeness (QED) is 0.378. The summed E-state index contributed by atoms with van der Waals surface area (Å²) < 4.78 is 4.24. The van der Waals surface area contributed by atoms with E-state index in [1.807, 2.05) is 18.3 Å². The summed E-state index contributed by atoms with van der Waals surface area (Å²) in [6.45, 7) is 1.41. The average Bonchev–Trinajstić information content (AvgIpc) is 3.29. The van der Waals surface area contributed by atoms with E-state index < -0.39 is 0 Å². The van der Waals surface area contributed by atoms with Crippen LogP contribution in [0.25, 0.3) is 10.8 Å². The first-order valence-corrected chi connectivity index (χ1v) is 11.0. The minimum atomic E-state index is -0.0825. The van der Waals surface area contributed by atoms with Gasteiger partial charge in [0.2, 0.25) is 6.33 Å². The Hall–Kier alpha value is -4.31. The van der Waals surface area contributed by atoms with Gasteiger partial charge in [0.15, 0.2) is 11.6 Å². The molecule has 5 aromatic rings. The van der Waals surface area contributed by atoms with Gasteiger partial charge in [0, 0.05) is 22.3 Å². The average molecular weight is 429 g/mol.